The van der Waals surface area contributed by atoms with Crippen molar-refractivity contribution in [1.82, 2.24) is 0 Å². The van der Waals surface area contributed by atoms with Crippen molar-refractivity contribution in [2.45, 2.75) is 6.92 Å². The van der Waals surface area contributed by atoms with Gasteiger partial charge < -0.3 is 9.84 Å². The molecule has 0 radical (unpaired) electrons. The highest BCUT2D eigenvalue weighted by Crippen LogP contribution is 2.36. The van der Waals surface area contributed by atoms with Crippen molar-refractivity contribution in [2.24, 2.45) is 0 Å². The molecular formula is C17H12Cl3NO2. The summed E-state index contributed by atoms with van der Waals surface area (Å²) in [7, 11) is 0. The van der Waals surface area contributed by atoms with Crippen LogP contribution in [0.15, 0.2) is 30.3 Å². The van der Waals surface area contributed by atoms with Crippen LogP contribution in [0.3, 0.4) is 0 Å². The fraction of sp³-hybridized carbons (Fsp3) is 0.118. The molecule has 0 bridgehead atoms. The molecule has 0 aromatic heterocycles. The maximum Gasteiger partial charge on any atom is 0.176 e. The normalized spacial score (nSPS) is 11.2. The maximum absolute atomic E-state index is 9.85. The minimum Gasteiger partial charge on any atom is -0.503 e. The zero-order chi connectivity index (χ0) is 17.0. The lowest BCUT2D eigenvalue weighted by molar-refractivity contribution is 0.318. The first-order valence-electron chi connectivity index (χ1n) is 6.68. The van der Waals surface area contributed by atoms with Crippen molar-refractivity contribution in [1.29, 1.82) is 5.26 Å². The van der Waals surface area contributed by atoms with Crippen LogP contribution in [0.2, 0.25) is 15.1 Å². The van der Waals surface area contributed by atoms with Crippen LogP contribution in [-0.4, -0.2) is 11.7 Å². The Kier molecular flexibility index (Phi) is 5.79. The Bertz CT molecular complexity index is 810. The summed E-state index contributed by atoms with van der Waals surface area (Å²) in [4.78, 5) is 0. The number of nitrogens with zero attached hydrogens (tertiary/aromatic N) is 1. The van der Waals surface area contributed by atoms with E-state index in [4.69, 9.17) is 39.5 Å². The van der Waals surface area contributed by atoms with Gasteiger partial charge in [-0.05, 0) is 48.4 Å². The Morgan fingerprint density at radius 2 is 1.91 bits per heavy atom. The first-order valence-corrected chi connectivity index (χ1v) is 7.82. The van der Waals surface area contributed by atoms with Crippen molar-refractivity contribution in [3.05, 3.63) is 56.5 Å². The van der Waals surface area contributed by atoms with E-state index < -0.39 is 0 Å². The number of halogens is 3. The quantitative estimate of drug-likeness (QED) is 0.547. The van der Waals surface area contributed by atoms with Gasteiger partial charge in [0.2, 0.25) is 0 Å². The molecule has 2 aromatic carbocycles. The number of allylic oxidation sites excluding steroid dienone is 1. The largest absolute Gasteiger partial charge is 0.503 e. The molecule has 0 atom stereocenters. The summed E-state index contributed by atoms with van der Waals surface area (Å²) < 4.78 is 5.33. The fourth-order valence-electron chi connectivity index (χ4n) is 1.95. The van der Waals surface area contributed by atoms with Crippen LogP contribution in [0.5, 0.6) is 11.5 Å². The second-order valence-electron chi connectivity index (χ2n) is 4.58. The second kappa shape index (κ2) is 7.61. The zero-order valence-corrected chi connectivity index (χ0v) is 14.4. The van der Waals surface area contributed by atoms with Crippen molar-refractivity contribution < 1.29 is 9.84 Å². The highest BCUT2D eigenvalue weighted by molar-refractivity contribution is 6.42. The van der Waals surface area contributed by atoms with Gasteiger partial charge in [-0.1, -0.05) is 40.9 Å². The van der Waals surface area contributed by atoms with Gasteiger partial charge in [-0.2, -0.15) is 5.26 Å². The van der Waals surface area contributed by atoms with Gasteiger partial charge in [0.25, 0.3) is 0 Å². The average molecular weight is 369 g/mol. The molecule has 0 aliphatic carbocycles. The molecule has 0 spiro atoms. The molecule has 0 saturated heterocycles. The lowest BCUT2D eigenvalue weighted by Gasteiger charge is -2.09. The van der Waals surface area contributed by atoms with E-state index in [1.807, 2.05) is 0 Å². The van der Waals surface area contributed by atoms with E-state index in [1.165, 1.54) is 0 Å². The molecule has 0 amide bonds. The van der Waals surface area contributed by atoms with E-state index in [9.17, 15) is 10.4 Å². The van der Waals surface area contributed by atoms with Gasteiger partial charge in [-0.3, -0.25) is 0 Å². The Balaban J connectivity index is 2.49. The highest BCUT2D eigenvalue weighted by Gasteiger charge is 2.10. The van der Waals surface area contributed by atoms with Crippen molar-refractivity contribution in [3.8, 4) is 17.6 Å². The summed E-state index contributed by atoms with van der Waals surface area (Å²) in [6.45, 7) is 2.18. The number of ether oxygens (including phenoxy) is 1. The van der Waals surface area contributed by atoms with E-state index >= 15 is 0 Å². The monoisotopic (exact) mass is 367 g/mol. The summed E-state index contributed by atoms with van der Waals surface area (Å²) in [5, 5.41) is 20.2. The number of aromatic hydroxyl groups is 1. The number of phenolic OH excluding ortho intramolecular Hbond substituents is 1. The average Bonchev–Trinajstić information content (AvgIpc) is 2.52. The molecule has 2 aromatic rings. The lowest BCUT2D eigenvalue weighted by Crippen LogP contribution is -1.93. The predicted octanol–water partition coefficient (Wildman–Crippen LogP) is 5.82. The summed E-state index contributed by atoms with van der Waals surface area (Å²) in [6.07, 6.45) is 1.63. The highest BCUT2D eigenvalue weighted by atomic mass is 35.5. The Labute approximate surface area is 149 Å². The Morgan fingerprint density at radius 3 is 2.52 bits per heavy atom. The smallest absolute Gasteiger partial charge is 0.176 e. The molecule has 6 heteroatoms. The first kappa shape index (κ1) is 17.5. The Hall–Kier alpha value is -1.86. The molecule has 118 valence electrons. The topological polar surface area (TPSA) is 53.2 Å². The maximum atomic E-state index is 9.85. The molecule has 0 saturated carbocycles. The summed E-state index contributed by atoms with van der Waals surface area (Å²) in [5.41, 5.74) is 1.63. The van der Waals surface area contributed by atoms with E-state index in [2.05, 4.69) is 6.07 Å². The number of hydrogen-bond donors (Lipinski definition) is 1. The van der Waals surface area contributed by atoms with E-state index in [0.717, 1.165) is 0 Å². The molecule has 1 N–H and O–H groups in total. The number of nitriles is 1. The fourth-order valence-corrected chi connectivity index (χ4v) is 2.47. The summed E-state index contributed by atoms with van der Waals surface area (Å²) in [6, 6.07) is 10.2. The van der Waals surface area contributed by atoms with Crippen LogP contribution in [0, 0.1) is 11.3 Å². The minimum atomic E-state index is -0.126. The summed E-state index contributed by atoms with van der Waals surface area (Å²) >= 11 is 17.9. The molecule has 0 heterocycles. The van der Waals surface area contributed by atoms with Gasteiger partial charge >= 0.3 is 0 Å². The third kappa shape index (κ3) is 4.11. The van der Waals surface area contributed by atoms with Gasteiger partial charge in [0.05, 0.1) is 33.3 Å². The minimum absolute atomic E-state index is 0.126. The van der Waals surface area contributed by atoms with Gasteiger partial charge in [0.1, 0.15) is 0 Å². The van der Waals surface area contributed by atoms with Crippen LogP contribution < -0.4 is 4.74 Å². The van der Waals surface area contributed by atoms with Crippen molar-refractivity contribution in [2.75, 3.05) is 6.61 Å². The lowest BCUT2D eigenvalue weighted by atomic mass is 10.0. The number of rotatable bonds is 4. The first-order chi connectivity index (χ1) is 11.0. The third-order valence-electron chi connectivity index (χ3n) is 3.01. The van der Waals surface area contributed by atoms with Crippen LogP contribution in [0.25, 0.3) is 11.6 Å². The third-order valence-corrected chi connectivity index (χ3v) is 4.04. The second-order valence-corrected chi connectivity index (χ2v) is 5.80. The molecule has 3 nitrogen and oxygen atoms in total. The molecular weight excluding hydrogens is 357 g/mol. The van der Waals surface area contributed by atoms with E-state index in [0.29, 0.717) is 33.4 Å². The molecule has 23 heavy (non-hydrogen) atoms. The zero-order valence-electron chi connectivity index (χ0n) is 12.1. The van der Waals surface area contributed by atoms with Crippen molar-refractivity contribution in [3.63, 3.8) is 0 Å². The standard InChI is InChI=1S/C17H12Cl3NO2/c1-2-23-16-7-10(6-15(20)17(16)22)5-12(9-21)11-3-4-13(18)14(19)8-11/h3-8,22H,2H2,1H3/b12-5-. The van der Waals surface area contributed by atoms with E-state index in [-0.39, 0.29) is 16.5 Å². The molecule has 0 fully saturated rings. The van der Waals surface area contributed by atoms with E-state index in [1.54, 1.807) is 43.3 Å². The number of benzene rings is 2. The molecule has 0 aliphatic heterocycles. The molecule has 0 unspecified atom stereocenters. The SMILES string of the molecule is CCOc1cc(/C=C(/C#N)c2ccc(Cl)c(Cl)c2)cc(Cl)c1O. The van der Waals surface area contributed by atoms with Crippen LogP contribution in [0.4, 0.5) is 0 Å². The summed E-state index contributed by atoms with van der Waals surface area (Å²) in [5.74, 6) is 0.136. The van der Waals surface area contributed by atoms with Crippen LogP contribution in [-0.2, 0) is 0 Å². The van der Waals surface area contributed by atoms with Crippen molar-refractivity contribution >= 4 is 46.5 Å². The van der Waals surface area contributed by atoms with Gasteiger partial charge in [0.15, 0.2) is 11.5 Å². The van der Waals surface area contributed by atoms with Gasteiger partial charge in [-0.15, -0.1) is 0 Å². The predicted molar refractivity (Wildman–Crippen MR) is 94.2 cm³/mol. The van der Waals surface area contributed by atoms with Gasteiger partial charge in [-0.25, -0.2) is 0 Å². The van der Waals surface area contributed by atoms with Crippen LogP contribution >= 0.6 is 34.8 Å². The Morgan fingerprint density at radius 1 is 1.17 bits per heavy atom. The number of phenols is 1. The molecule has 0 aliphatic rings. The van der Waals surface area contributed by atoms with Crippen LogP contribution in [0.1, 0.15) is 18.1 Å². The number of hydrogen-bond acceptors (Lipinski definition) is 3. The molecule has 2 rings (SSSR count). The van der Waals surface area contributed by atoms with Gasteiger partial charge in [0, 0.05) is 0 Å².